The Morgan fingerprint density at radius 3 is 2.70 bits per heavy atom. The molecule has 2 atom stereocenters. The Bertz CT molecular complexity index is 457. The predicted molar refractivity (Wildman–Crippen MR) is 79.6 cm³/mol. The van der Waals surface area contributed by atoms with Crippen LogP contribution in [-0.2, 0) is 20.7 Å². The van der Waals surface area contributed by atoms with Gasteiger partial charge >= 0.3 is 11.9 Å². The van der Waals surface area contributed by atoms with Crippen LogP contribution in [0.15, 0.2) is 30.3 Å². The highest BCUT2D eigenvalue weighted by molar-refractivity contribution is 7.80. The molecule has 1 aromatic rings. The molecule has 108 valence electrons. The van der Waals surface area contributed by atoms with E-state index < -0.39 is 17.9 Å². The van der Waals surface area contributed by atoms with E-state index in [1.165, 1.54) is 0 Å². The summed E-state index contributed by atoms with van der Waals surface area (Å²) in [6.45, 7) is 0.800. The van der Waals surface area contributed by atoms with Crippen molar-refractivity contribution >= 4 is 24.6 Å². The summed E-state index contributed by atoms with van der Waals surface area (Å²) in [5, 5.41) is 3.02. The molecule has 0 bridgehead atoms. The fraction of sp³-hybridized carbons (Fsp3) is 0.467. The third-order valence-corrected chi connectivity index (χ3v) is 3.87. The number of rotatable bonds is 5. The molecule has 1 unspecified atom stereocenters. The molecule has 1 N–H and O–H groups in total. The van der Waals surface area contributed by atoms with Crippen molar-refractivity contribution in [1.82, 2.24) is 5.32 Å². The molecule has 1 saturated heterocycles. The van der Waals surface area contributed by atoms with Crippen molar-refractivity contribution in [2.75, 3.05) is 12.3 Å². The average molecular weight is 293 g/mol. The van der Waals surface area contributed by atoms with Gasteiger partial charge in [0.2, 0.25) is 0 Å². The minimum Gasteiger partial charge on any atom is -0.392 e. The Morgan fingerprint density at radius 2 is 2.10 bits per heavy atom. The van der Waals surface area contributed by atoms with Crippen molar-refractivity contribution in [2.45, 2.75) is 25.3 Å². The van der Waals surface area contributed by atoms with E-state index in [1.807, 2.05) is 30.3 Å². The molecule has 0 amide bonds. The van der Waals surface area contributed by atoms with Gasteiger partial charge in [-0.05, 0) is 31.4 Å². The highest BCUT2D eigenvalue weighted by Crippen LogP contribution is 2.14. The van der Waals surface area contributed by atoms with Crippen molar-refractivity contribution in [3.63, 3.8) is 0 Å². The Labute approximate surface area is 124 Å². The van der Waals surface area contributed by atoms with Gasteiger partial charge in [-0.15, -0.1) is 0 Å². The maximum Gasteiger partial charge on any atom is 0.330 e. The highest BCUT2D eigenvalue weighted by Gasteiger charge is 2.28. The van der Waals surface area contributed by atoms with Crippen LogP contribution in [0.1, 0.15) is 18.4 Å². The topological polar surface area (TPSA) is 55.4 Å². The third kappa shape index (κ3) is 4.08. The van der Waals surface area contributed by atoms with Crippen LogP contribution in [-0.4, -0.2) is 30.3 Å². The number of thiol groups is 1. The van der Waals surface area contributed by atoms with Gasteiger partial charge in [-0.1, -0.05) is 30.3 Å². The molecule has 4 nitrogen and oxygen atoms in total. The number of carbonyl (C=O) groups excluding carboxylic acids is 2. The first kappa shape index (κ1) is 15.1. The van der Waals surface area contributed by atoms with Crippen molar-refractivity contribution in [3.05, 3.63) is 35.9 Å². The SMILES string of the molecule is O=C(OC(=O)[C@@H]1CCCN1)C(CS)Cc1ccccc1. The summed E-state index contributed by atoms with van der Waals surface area (Å²) in [6, 6.07) is 9.32. The normalized spacial score (nSPS) is 19.6. The summed E-state index contributed by atoms with van der Waals surface area (Å²) in [5.41, 5.74) is 1.04. The van der Waals surface area contributed by atoms with Gasteiger partial charge in [0.15, 0.2) is 0 Å². The number of ether oxygens (including phenoxy) is 1. The number of carbonyl (C=O) groups is 2. The molecule has 0 saturated carbocycles. The van der Waals surface area contributed by atoms with E-state index >= 15 is 0 Å². The van der Waals surface area contributed by atoms with E-state index in [2.05, 4.69) is 17.9 Å². The summed E-state index contributed by atoms with van der Waals surface area (Å²) in [5.74, 6) is -0.986. The minimum atomic E-state index is -0.484. The van der Waals surface area contributed by atoms with Gasteiger partial charge in [-0.2, -0.15) is 12.6 Å². The summed E-state index contributed by atoms with van der Waals surface area (Å²) < 4.78 is 4.97. The average Bonchev–Trinajstić information content (AvgIpc) is 3.00. The fourth-order valence-electron chi connectivity index (χ4n) is 2.26. The molecular weight excluding hydrogens is 274 g/mol. The van der Waals surface area contributed by atoms with Crippen molar-refractivity contribution in [1.29, 1.82) is 0 Å². The second-order valence-electron chi connectivity index (χ2n) is 4.96. The van der Waals surface area contributed by atoms with Gasteiger partial charge in [0.1, 0.15) is 6.04 Å². The molecular formula is C15H19NO3S. The number of nitrogens with one attached hydrogen (secondary N) is 1. The molecule has 1 fully saturated rings. The van der Waals surface area contributed by atoms with Gasteiger partial charge in [0, 0.05) is 5.75 Å². The van der Waals surface area contributed by atoms with Crippen molar-refractivity contribution in [3.8, 4) is 0 Å². The van der Waals surface area contributed by atoms with Crippen LogP contribution in [0.2, 0.25) is 0 Å². The lowest BCUT2D eigenvalue weighted by atomic mass is 10.0. The zero-order chi connectivity index (χ0) is 14.4. The lowest BCUT2D eigenvalue weighted by Crippen LogP contribution is -2.36. The maximum absolute atomic E-state index is 12.0. The third-order valence-electron chi connectivity index (χ3n) is 3.42. The van der Waals surface area contributed by atoms with Gasteiger partial charge in [0.05, 0.1) is 5.92 Å². The van der Waals surface area contributed by atoms with E-state index in [0.29, 0.717) is 12.2 Å². The number of hydrogen-bond donors (Lipinski definition) is 2. The number of hydrogen-bond acceptors (Lipinski definition) is 5. The molecule has 1 aliphatic rings. The summed E-state index contributed by atoms with van der Waals surface area (Å²) >= 11 is 4.19. The molecule has 0 spiro atoms. The summed E-state index contributed by atoms with van der Waals surface area (Å²) in [7, 11) is 0. The van der Waals surface area contributed by atoms with E-state index in [1.54, 1.807) is 0 Å². The zero-order valence-corrected chi connectivity index (χ0v) is 12.1. The van der Waals surface area contributed by atoms with Crippen LogP contribution in [0.25, 0.3) is 0 Å². The largest absolute Gasteiger partial charge is 0.392 e. The maximum atomic E-state index is 12.0. The fourth-order valence-corrected chi connectivity index (χ4v) is 2.54. The zero-order valence-electron chi connectivity index (χ0n) is 11.2. The summed E-state index contributed by atoms with van der Waals surface area (Å²) in [6.07, 6.45) is 2.21. The first-order valence-electron chi connectivity index (χ1n) is 6.84. The van der Waals surface area contributed by atoms with Crippen LogP contribution >= 0.6 is 12.6 Å². The first-order chi connectivity index (χ1) is 9.70. The number of esters is 2. The van der Waals surface area contributed by atoms with Gasteiger partial charge in [-0.25, -0.2) is 4.79 Å². The van der Waals surface area contributed by atoms with Gasteiger partial charge in [0.25, 0.3) is 0 Å². The first-order valence-corrected chi connectivity index (χ1v) is 7.47. The van der Waals surface area contributed by atoms with Crippen LogP contribution < -0.4 is 5.32 Å². The Morgan fingerprint density at radius 1 is 1.35 bits per heavy atom. The molecule has 2 rings (SSSR count). The molecule has 0 radical (unpaired) electrons. The molecule has 20 heavy (non-hydrogen) atoms. The smallest absolute Gasteiger partial charge is 0.330 e. The van der Waals surface area contributed by atoms with E-state index in [9.17, 15) is 9.59 Å². The van der Waals surface area contributed by atoms with Crippen LogP contribution in [0.4, 0.5) is 0 Å². The standard InChI is InChI=1S/C15H19NO3S/c17-14(19-15(18)13-7-4-8-16-13)12(10-20)9-11-5-2-1-3-6-11/h1-3,5-6,12-13,16,20H,4,7-10H2/t12?,13-/m0/s1. The summed E-state index contributed by atoms with van der Waals surface area (Å²) in [4.78, 5) is 23.8. The van der Waals surface area contributed by atoms with Crippen molar-refractivity contribution in [2.24, 2.45) is 5.92 Å². The van der Waals surface area contributed by atoms with Crippen molar-refractivity contribution < 1.29 is 14.3 Å². The lowest BCUT2D eigenvalue weighted by molar-refractivity contribution is -0.163. The molecule has 1 aromatic carbocycles. The van der Waals surface area contributed by atoms with E-state index in [0.717, 1.165) is 24.9 Å². The predicted octanol–water partition coefficient (Wildman–Crippen LogP) is 1.60. The van der Waals surface area contributed by atoms with Gasteiger partial charge < -0.3 is 10.1 Å². The molecule has 0 aliphatic carbocycles. The Kier molecular flexibility index (Phi) is 5.61. The van der Waals surface area contributed by atoms with Crippen LogP contribution in [0.5, 0.6) is 0 Å². The van der Waals surface area contributed by atoms with E-state index in [-0.39, 0.29) is 6.04 Å². The quantitative estimate of drug-likeness (QED) is 0.492. The number of benzene rings is 1. The second kappa shape index (κ2) is 7.45. The molecule has 1 heterocycles. The Balaban J connectivity index is 1.90. The van der Waals surface area contributed by atoms with Crippen LogP contribution in [0, 0.1) is 5.92 Å². The second-order valence-corrected chi connectivity index (χ2v) is 5.32. The molecule has 1 aliphatic heterocycles. The Hall–Kier alpha value is -1.33. The monoisotopic (exact) mass is 293 g/mol. The lowest BCUT2D eigenvalue weighted by Gasteiger charge is -2.15. The highest BCUT2D eigenvalue weighted by atomic mass is 32.1. The molecule has 5 heteroatoms. The van der Waals surface area contributed by atoms with Crippen LogP contribution in [0.3, 0.4) is 0 Å². The molecule has 0 aromatic heterocycles. The van der Waals surface area contributed by atoms with Gasteiger partial charge in [-0.3, -0.25) is 4.79 Å². The minimum absolute atomic E-state index is 0.337. The van der Waals surface area contributed by atoms with E-state index in [4.69, 9.17) is 4.74 Å².